The molecule has 3 nitrogen and oxygen atoms in total. The topological polar surface area (TPSA) is 49.3 Å². The Morgan fingerprint density at radius 1 is 1.32 bits per heavy atom. The minimum atomic E-state index is -0.702. The molecule has 1 aliphatic rings. The van der Waals surface area contributed by atoms with Crippen LogP contribution in [0, 0.1) is 17.0 Å². The van der Waals surface area contributed by atoms with Gasteiger partial charge in [0.2, 0.25) is 5.91 Å². The fourth-order valence-electron chi connectivity index (χ4n) is 2.14. The van der Waals surface area contributed by atoms with E-state index in [9.17, 15) is 13.6 Å². The van der Waals surface area contributed by atoms with Crippen molar-refractivity contribution < 1.29 is 18.7 Å². The number of hydrogen-bond donors (Lipinski definition) is 2. The lowest BCUT2D eigenvalue weighted by Gasteiger charge is -2.14. The van der Waals surface area contributed by atoms with E-state index in [4.69, 9.17) is 5.11 Å². The normalized spacial score (nSPS) is 16.2. The van der Waals surface area contributed by atoms with E-state index in [0.717, 1.165) is 25.0 Å². The zero-order valence-corrected chi connectivity index (χ0v) is 10.6. The van der Waals surface area contributed by atoms with Gasteiger partial charge in [-0.2, -0.15) is 0 Å². The number of amides is 1. The summed E-state index contributed by atoms with van der Waals surface area (Å²) in [5.41, 5.74) is -0.204. The molecule has 2 rings (SSSR count). The van der Waals surface area contributed by atoms with Gasteiger partial charge in [0, 0.05) is 18.7 Å². The van der Waals surface area contributed by atoms with Crippen LogP contribution in [0.25, 0.3) is 0 Å². The maximum absolute atomic E-state index is 13.4. The Bertz CT molecular complexity index is 452. The lowest BCUT2D eigenvalue weighted by atomic mass is 10.0. The zero-order valence-electron chi connectivity index (χ0n) is 10.6. The third-order valence-corrected chi connectivity index (χ3v) is 3.66. The van der Waals surface area contributed by atoms with Crippen LogP contribution in [0.5, 0.6) is 0 Å². The number of aliphatic hydroxyl groups is 1. The van der Waals surface area contributed by atoms with Gasteiger partial charge < -0.3 is 10.4 Å². The zero-order chi connectivity index (χ0) is 13.9. The first-order chi connectivity index (χ1) is 9.06. The van der Waals surface area contributed by atoms with Crippen LogP contribution in [-0.4, -0.2) is 24.2 Å². The summed E-state index contributed by atoms with van der Waals surface area (Å²) in [4.78, 5) is 11.7. The summed E-state index contributed by atoms with van der Waals surface area (Å²) in [5, 5.41) is 11.6. The van der Waals surface area contributed by atoms with Crippen molar-refractivity contribution >= 4 is 5.91 Å². The van der Waals surface area contributed by atoms with Gasteiger partial charge in [0.1, 0.15) is 11.6 Å². The van der Waals surface area contributed by atoms with Crippen LogP contribution in [0.4, 0.5) is 8.78 Å². The Hall–Kier alpha value is -1.49. The van der Waals surface area contributed by atoms with Crippen LogP contribution in [0.15, 0.2) is 18.2 Å². The molecule has 1 amide bonds. The molecule has 0 heterocycles. The minimum absolute atomic E-state index is 0.00180. The van der Waals surface area contributed by atoms with Crippen molar-refractivity contribution in [2.75, 3.05) is 13.2 Å². The molecule has 0 atom stereocenters. The quantitative estimate of drug-likeness (QED) is 0.827. The molecule has 0 unspecified atom stereocenters. The highest BCUT2D eigenvalue weighted by Gasteiger charge is 2.41. The number of carbonyl (C=O) groups is 1. The first kappa shape index (κ1) is 13.9. The molecule has 2 N–H and O–H groups in total. The van der Waals surface area contributed by atoms with Crippen molar-refractivity contribution in [2.24, 2.45) is 5.41 Å². The van der Waals surface area contributed by atoms with Crippen LogP contribution in [0.3, 0.4) is 0 Å². The van der Waals surface area contributed by atoms with E-state index in [-0.39, 0.29) is 24.0 Å². The van der Waals surface area contributed by atoms with E-state index >= 15 is 0 Å². The number of halogens is 2. The van der Waals surface area contributed by atoms with E-state index in [1.54, 1.807) is 0 Å². The number of aliphatic hydroxyl groups excluding tert-OH is 1. The van der Waals surface area contributed by atoms with Crippen LogP contribution in [-0.2, 0) is 11.2 Å². The average molecular weight is 269 g/mol. The summed E-state index contributed by atoms with van der Waals surface area (Å²) >= 11 is 0. The molecule has 1 aliphatic carbocycles. The molecule has 1 fully saturated rings. The van der Waals surface area contributed by atoms with Crippen molar-refractivity contribution in [2.45, 2.75) is 25.7 Å². The highest BCUT2D eigenvalue weighted by Crippen LogP contribution is 2.47. The molecular weight excluding hydrogens is 252 g/mol. The van der Waals surface area contributed by atoms with Crippen LogP contribution in [0.1, 0.15) is 24.8 Å². The third-order valence-electron chi connectivity index (χ3n) is 3.66. The van der Waals surface area contributed by atoms with Gasteiger partial charge in [-0.1, -0.05) is 6.07 Å². The van der Waals surface area contributed by atoms with E-state index in [1.807, 2.05) is 0 Å². The van der Waals surface area contributed by atoms with Crippen molar-refractivity contribution in [3.05, 3.63) is 35.4 Å². The Morgan fingerprint density at radius 3 is 2.47 bits per heavy atom. The molecule has 1 aromatic carbocycles. The van der Waals surface area contributed by atoms with E-state index in [2.05, 4.69) is 5.32 Å². The highest BCUT2D eigenvalue weighted by molar-refractivity contribution is 5.78. The fourth-order valence-corrected chi connectivity index (χ4v) is 2.14. The van der Waals surface area contributed by atoms with Gasteiger partial charge in [-0.25, -0.2) is 8.78 Å². The number of rotatable bonds is 6. The largest absolute Gasteiger partial charge is 0.396 e. The molecule has 0 aromatic heterocycles. The molecule has 0 aliphatic heterocycles. The van der Waals surface area contributed by atoms with Gasteiger partial charge in [0.05, 0.1) is 6.42 Å². The third kappa shape index (κ3) is 3.50. The summed E-state index contributed by atoms with van der Waals surface area (Å²) in [6.45, 7) is 0.556. The first-order valence-electron chi connectivity index (χ1n) is 6.37. The predicted molar refractivity (Wildman–Crippen MR) is 66.4 cm³/mol. The van der Waals surface area contributed by atoms with Gasteiger partial charge in [0.25, 0.3) is 0 Å². The van der Waals surface area contributed by atoms with Crippen LogP contribution in [0.2, 0.25) is 0 Å². The van der Waals surface area contributed by atoms with E-state index in [0.29, 0.717) is 13.0 Å². The van der Waals surface area contributed by atoms with Crippen LogP contribution >= 0.6 is 0 Å². The summed E-state index contributed by atoms with van der Waals surface area (Å²) in [6.07, 6.45) is 2.30. The standard InChI is InChI=1S/C14H17F2NO2/c15-11-2-1-3-12(16)10(11)8-13(19)17-9-14(4-5-14)6-7-18/h1-3,18H,4-9H2,(H,17,19). The molecule has 104 valence electrons. The molecular formula is C14H17F2NO2. The number of carbonyl (C=O) groups excluding carboxylic acids is 1. The lowest BCUT2D eigenvalue weighted by Crippen LogP contribution is -2.32. The number of hydrogen-bond acceptors (Lipinski definition) is 2. The Kier molecular flexibility index (Phi) is 4.14. The predicted octanol–water partition coefficient (Wildman–Crippen LogP) is 1.79. The maximum atomic E-state index is 13.4. The number of nitrogens with one attached hydrogen (secondary N) is 1. The highest BCUT2D eigenvalue weighted by atomic mass is 19.1. The van der Waals surface area contributed by atoms with Crippen LogP contribution < -0.4 is 5.32 Å². The van der Waals surface area contributed by atoms with Crippen molar-refractivity contribution in [1.82, 2.24) is 5.32 Å². The molecule has 0 radical (unpaired) electrons. The fraction of sp³-hybridized carbons (Fsp3) is 0.500. The smallest absolute Gasteiger partial charge is 0.224 e. The second-order valence-electron chi connectivity index (χ2n) is 5.13. The minimum Gasteiger partial charge on any atom is -0.396 e. The van der Waals surface area contributed by atoms with Crippen molar-refractivity contribution in [1.29, 1.82) is 0 Å². The van der Waals surface area contributed by atoms with E-state index in [1.165, 1.54) is 6.07 Å². The second kappa shape index (κ2) is 5.65. The van der Waals surface area contributed by atoms with Gasteiger partial charge in [-0.15, -0.1) is 0 Å². The van der Waals surface area contributed by atoms with Gasteiger partial charge in [-0.3, -0.25) is 4.79 Å². The van der Waals surface area contributed by atoms with Gasteiger partial charge in [0.15, 0.2) is 0 Å². The Labute approximate surface area is 110 Å². The number of benzene rings is 1. The molecule has 0 bridgehead atoms. The Morgan fingerprint density at radius 2 is 1.95 bits per heavy atom. The lowest BCUT2D eigenvalue weighted by molar-refractivity contribution is -0.120. The Balaban J connectivity index is 1.88. The van der Waals surface area contributed by atoms with Gasteiger partial charge >= 0.3 is 0 Å². The van der Waals surface area contributed by atoms with Gasteiger partial charge in [-0.05, 0) is 36.8 Å². The first-order valence-corrected chi connectivity index (χ1v) is 6.37. The van der Waals surface area contributed by atoms with Crippen molar-refractivity contribution in [3.8, 4) is 0 Å². The summed E-state index contributed by atoms with van der Waals surface area (Å²) in [6, 6.07) is 3.55. The SMILES string of the molecule is O=C(Cc1c(F)cccc1F)NCC1(CCO)CC1. The molecule has 0 saturated heterocycles. The van der Waals surface area contributed by atoms with E-state index < -0.39 is 17.5 Å². The molecule has 5 heteroatoms. The summed E-state index contributed by atoms with van der Waals surface area (Å²) < 4.78 is 26.7. The maximum Gasteiger partial charge on any atom is 0.224 e. The average Bonchev–Trinajstić information content (AvgIpc) is 3.13. The molecule has 0 spiro atoms. The van der Waals surface area contributed by atoms with Crippen molar-refractivity contribution in [3.63, 3.8) is 0 Å². The molecule has 19 heavy (non-hydrogen) atoms. The molecule has 1 saturated carbocycles. The monoisotopic (exact) mass is 269 g/mol. The summed E-state index contributed by atoms with van der Waals surface area (Å²) in [7, 11) is 0. The second-order valence-corrected chi connectivity index (χ2v) is 5.13. The molecule has 1 aromatic rings. The summed E-state index contributed by atoms with van der Waals surface area (Å²) in [5.74, 6) is -1.80.